The van der Waals surface area contributed by atoms with Gasteiger partial charge in [-0.05, 0) is 41.2 Å². The van der Waals surface area contributed by atoms with Crippen molar-refractivity contribution in [3.8, 4) is 11.5 Å². The van der Waals surface area contributed by atoms with Crippen molar-refractivity contribution in [2.45, 2.75) is 6.54 Å². The molecule has 2 aromatic rings. The zero-order chi connectivity index (χ0) is 15.4. The number of ether oxygens (including phenoxy) is 1. The smallest absolute Gasteiger partial charge is 0.287 e. The Labute approximate surface area is 135 Å². The summed E-state index contributed by atoms with van der Waals surface area (Å²) < 4.78 is 6.09. The number of hydrogen-bond acceptors (Lipinski definition) is 4. The summed E-state index contributed by atoms with van der Waals surface area (Å²) in [6.45, 7) is 0.529. The molecule has 0 unspecified atom stereocenters. The van der Waals surface area contributed by atoms with Gasteiger partial charge in [0.1, 0.15) is 16.0 Å². The molecule has 1 N–H and O–H groups in total. The van der Waals surface area contributed by atoms with Gasteiger partial charge in [-0.25, -0.2) is 0 Å². The monoisotopic (exact) mass is 370 g/mol. The topological polar surface area (TPSA) is 64.4 Å². The Balaban J connectivity index is 2.41. The molecule has 0 aliphatic heterocycles. The van der Waals surface area contributed by atoms with Crippen LogP contribution in [0.1, 0.15) is 5.56 Å². The third kappa shape index (κ3) is 3.53. The molecule has 0 fully saturated rings. The van der Waals surface area contributed by atoms with Crippen LogP contribution in [0, 0.1) is 10.1 Å². The molecule has 0 aliphatic rings. The maximum Gasteiger partial charge on any atom is 0.287 e. The lowest BCUT2D eigenvalue weighted by Gasteiger charge is -2.13. The van der Waals surface area contributed by atoms with Gasteiger partial charge in [-0.2, -0.15) is 0 Å². The first-order valence-electron chi connectivity index (χ1n) is 6.07. The van der Waals surface area contributed by atoms with Crippen molar-refractivity contribution < 1.29 is 9.66 Å². The SMILES string of the molecule is CNCc1c(Cl)cccc1Oc1cccc([N+](=O)[O-])c1Br. The van der Waals surface area contributed by atoms with Crippen molar-refractivity contribution in [3.63, 3.8) is 0 Å². The predicted molar refractivity (Wildman–Crippen MR) is 85.1 cm³/mol. The first-order chi connectivity index (χ1) is 10.0. The number of nitrogens with one attached hydrogen (secondary N) is 1. The van der Waals surface area contributed by atoms with E-state index < -0.39 is 4.92 Å². The fraction of sp³-hybridized carbons (Fsp3) is 0.143. The Bertz CT molecular complexity index is 679. The van der Waals surface area contributed by atoms with E-state index in [-0.39, 0.29) is 5.69 Å². The van der Waals surface area contributed by atoms with Gasteiger partial charge < -0.3 is 10.1 Å². The molecular formula is C14H12BrClN2O3. The van der Waals surface area contributed by atoms with Crippen LogP contribution >= 0.6 is 27.5 Å². The van der Waals surface area contributed by atoms with Crippen LogP contribution in [0.2, 0.25) is 5.02 Å². The van der Waals surface area contributed by atoms with Gasteiger partial charge in [0.15, 0.2) is 0 Å². The normalized spacial score (nSPS) is 10.4. The molecule has 110 valence electrons. The molecule has 0 amide bonds. The minimum Gasteiger partial charge on any atom is -0.456 e. The number of nitro benzene ring substituents is 1. The highest BCUT2D eigenvalue weighted by atomic mass is 79.9. The second kappa shape index (κ2) is 6.89. The van der Waals surface area contributed by atoms with Gasteiger partial charge in [0.2, 0.25) is 0 Å². The summed E-state index contributed by atoms with van der Waals surface area (Å²) in [5.41, 5.74) is 0.741. The maximum atomic E-state index is 10.9. The van der Waals surface area contributed by atoms with Crippen molar-refractivity contribution in [2.24, 2.45) is 0 Å². The van der Waals surface area contributed by atoms with Crippen LogP contribution in [0.5, 0.6) is 11.5 Å². The second-order valence-electron chi connectivity index (χ2n) is 4.20. The van der Waals surface area contributed by atoms with Gasteiger partial charge in [-0.1, -0.05) is 23.7 Å². The van der Waals surface area contributed by atoms with Crippen LogP contribution < -0.4 is 10.1 Å². The number of rotatable bonds is 5. The molecule has 0 heterocycles. The van der Waals surface area contributed by atoms with Crippen molar-refractivity contribution in [3.05, 3.63) is 61.6 Å². The standard InChI is InChI=1S/C14H12BrClN2O3/c1-17-8-9-10(16)4-2-6-12(9)21-13-7-3-5-11(14(13)15)18(19)20/h2-7,17H,8H2,1H3. The fourth-order valence-electron chi connectivity index (χ4n) is 1.82. The van der Waals surface area contributed by atoms with Gasteiger partial charge in [0.25, 0.3) is 5.69 Å². The largest absolute Gasteiger partial charge is 0.456 e. The Hall–Kier alpha value is -1.63. The van der Waals surface area contributed by atoms with Crippen molar-refractivity contribution in [1.29, 1.82) is 0 Å². The molecule has 21 heavy (non-hydrogen) atoms. The van der Waals surface area contributed by atoms with E-state index in [2.05, 4.69) is 21.2 Å². The number of hydrogen-bond donors (Lipinski definition) is 1. The summed E-state index contributed by atoms with van der Waals surface area (Å²) in [5.74, 6) is 0.918. The molecule has 0 atom stereocenters. The fourth-order valence-corrected chi connectivity index (χ4v) is 2.54. The molecule has 0 saturated heterocycles. The van der Waals surface area contributed by atoms with E-state index in [0.717, 1.165) is 5.56 Å². The lowest BCUT2D eigenvalue weighted by molar-refractivity contribution is -0.385. The minimum atomic E-state index is -0.469. The molecule has 5 nitrogen and oxygen atoms in total. The number of halogens is 2. The lowest BCUT2D eigenvalue weighted by atomic mass is 10.2. The molecular weight excluding hydrogens is 360 g/mol. The van der Waals surface area contributed by atoms with Gasteiger partial charge in [0, 0.05) is 23.2 Å². The highest BCUT2D eigenvalue weighted by Gasteiger charge is 2.17. The lowest BCUT2D eigenvalue weighted by Crippen LogP contribution is -2.07. The molecule has 0 spiro atoms. The summed E-state index contributed by atoms with van der Waals surface area (Å²) in [5, 5.41) is 14.5. The molecule has 0 saturated carbocycles. The Morgan fingerprint density at radius 1 is 1.29 bits per heavy atom. The quantitative estimate of drug-likeness (QED) is 0.620. The van der Waals surface area contributed by atoms with Crippen molar-refractivity contribution >= 4 is 33.2 Å². The van der Waals surface area contributed by atoms with E-state index in [1.165, 1.54) is 6.07 Å². The Kier molecular flexibility index (Phi) is 5.17. The number of benzene rings is 2. The van der Waals surface area contributed by atoms with Crippen LogP contribution in [0.3, 0.4) is 0 Å². The van der Waals surface area contributed by atoms with Crippen LogP contribution in [0.25, 0.3) is 0 Å². The zero-order valence-electron chi connectivity index (χ0n) is 11.1. The molecule has 0 radical (unpaired) electrons. The van der Waals surface area contributed by atoms with E-state index in [1.54, 1.807) is 37.4 Å². The van der Waals surface area contributed by atoms with E-state index >= 15 is 0 Å². The molecule has 0 aliphatic carbocycles. The molecule has 0 aromatic heterocycles. The second-order valence-corrected chi connectivity index (χ2v) is 5.40. The summed E-state index contributed by atoms with van der Waals surface area (Å²) in [6, 6.07) is 9.93. The van der Waals surface area contributed by atoms with E-state index in [9.17, 15) is 10.1 Å². The third-order valence-corrected chi connectivity index (χ3v) is 3.94. The summed E-state index contributed by atoms with van der Waals surface area (Å²) >= 11 is 9.36. The van der Waals surface area contributed by atoms with Crippen molar-refractivity contribution in [2.75, 3.05) is 7.05 Å². The van der Waals surface area contributed by atoms with Gasteiger partial charge in [-0.15, -0.1) is 0 Å². The minimum absolute atomic E-state index is 0.0512. The zero-order valence-corrected chi connectivity index (χ0v) is 13.4. The summed E-state index contributed by atoms with van der Waals surface area (Å²) in [4.78, 5) is 10.5. The predicted octanol–water partition coefficient (Wildman–Crippen LogP) is 4.52. The van der Waals surface area contributed by atoms with Gasteiger partial charge in [-0.3, -0.25) is 10.1 Å². The average molecular weight is 372 g/mol. The first kappa shape index (κ1) is 15.8. The number of nitro groups is 1. The van der Waals surface area contributed by atoms with Crippen molar-refractivity contribution in [1.82, 2.24) is 5.32 Å². The van der Waals surface area contributed by atoms with Crippen LogP contribution in [0.15, 0.2) is 40.9 Å². The van der Waals surface area contributed by atoms with Crippen LogP contribution in [-0.4, -0.2) is 12.0 Å². The van der Waals surface area contributed by atoms with E-state index in [1.807, 2.05) is 0 Å². The van der Waals surface area contributed by atoms with Crippen LogP contribution in [-0.2, 0) is 6.54 Å². The summed E-state index contributed by atoms with van der Waals surface area (Å²) in [6.07, 6.45) is 0. The molecule has 2 rings (SSSR count). The van der Waals surface area contributed by atoms with E-state index in [4.69, 9.17) is 16.3 Å². The highest BCUT2D eigenvalue weighted by Crippen LogP contribution is 2.38. The van der Waals surface area contributed by atoms with Crippen LogP contribution in [0.4, 0.5) is 5.69 Å². The third-order valence-electron chi connectivity index (χ3n) is 2.79. The van der Waals surface area contributed by atoms with Gasteiger partial charge >= 0.3 is 0 Å². The first-order valence-corrected chi connectivity index (χ1v) is 7.24. The Morgan fingerprint density at radius 3 is 2.62 bits per heavy atom. The molecule has 7 heteroatoms. The molecule has 2 aromatic carbocycles. The average Bonchev–Trinajstić information content (AvgIpc) is 2.44. The molecule has 0 bridgehead atoms. The van der Waals surface area contributed by atoms with Gasteiger partial charge in [0.05, 0.1) is 4.92 Å². The Morgan fingerprint density at radius 2 is 1.95 bits per heavy atom. The van der Waals surface area contributed by atoms with E-state index in [0.29, 0.717) is 27.5 Å². The summed E-state index contributed by atoms with van der Waals surface area (Å²) in [7, 11) is 1.80. The number of nitrogens with zero attached hydrogens (tertiary/aromatic N) is 1. The maximum absolute atomic E-state index is 10.9. The highest BCUT2D eigenvalue weighted by molar-refractivity contribution is 9.10.